The second-order valence-corrected chi connectivity index (χ2v) is 12.1. The molecular formula is C40H55N3Zr. The molecule has 4 aromatic carbocycles. The Bertz CT molecular complexity index is 1310. The van der Waals surface area contributed by atoms with Crippen LogP contribution < -0.4 is 16.0 Å². The summed E-state index contributed by atoms with van der Waals surface area (Å²) in [5.74, 6) is 0. The fourth-order valence-electron chi connectivity index (χ4n) is 5.79. The molecule has 44 heavy (non-hydrogen) atoms. The molecule has 0 bridgehead atoms. The van der Waals surface area contributed by atoms with E-state index < -0.39 is 0 Å². The largest absolute Gasteiger partial charge is 0.383 e. The maximum Gasteiger partial charge on any atom is 0.0405 e. The zero-order valence-corrected chi connectivity index (χ0v) is 31.5. The summed E-state index contributed by atoms with van der Waals surface area (Å²) in [7, 11) is 0. The number of hydrogen-bond donors (Lipinski definition) is 3. The van der Waals surface area contributed by atoms with E-state index in [2.05, 4.69) is 146 Å². The molecule has 4 rings (SSSR count). The third kappa shape index (κ3) is 9.91. The molecule has 0 fully saturated rings. The molecular weight excluding hydrogens is 614 g/mol. The van der Waals surface area contributed by atoms with E-state index in [-0.39, 0.29) is 26.2 Å². The molecule has 0 aliphatic carbocycles. The minimum atomic E-state index is 0. The topological polar surface area (TPSA) is 36.1 Å². The molecule has 3 nitrogen and oxygen atoms in total. The summed E-state index contributed by atoms with van der Waals surface area (Å²) in [6.45, 7) is 26.0. The van der Waals surface area contributed by atoms with Crippen molar-refractivity contribution in [2.24, 2.45) is 0 Å². The maximum atomic E-state index is 3.66. The second kappa shape index (κ2) is 18.3. The minimum Gasteiger partial charge on any atom is -0.383 e. The number of aryl methyl sites for hydroxylation is 2. The molecule has 0 aromatic heterocycles. The summed E-state index contributed by atoms with van der Waals surface area (Å²) < 4.78 is 0. The Morgan fingerprint density at radius 3 is 0.932 bits per heavy atom. The average molecular weight is 669 g/mol. The molecule has 0 aliphatic heterocycles. The van der Waals surface area contributed by atoms with Gasteiger partial charge in [0.2, 0.25) is 0 Å². The monoisotopic (exact) mass is 667 g/mol. The van der Waals surface area contributed by atoms with E-state index in [1.807, 2.05) is 0 Å². The molecule has 0 amide bonds. The van der Waals surface area contributed by atoms with Gasteiger partial charge in [-0.1, -0.05) is 60.7 Å². The quantitative estimate of drug-likeness (QED) is 0.139. The van der Waals surface area contributed by atoms with Gasteiger partial charge in [-0.15, -0.1) is 0 Å². The third-order valence-corrected chi connectivity index (χ3v) is 9.60. The van der Waals surface area contributed by atoms with Gasteiger partial charge in [-0.2, -0.15) is 0 Å². The van der Waals surface area contributed by atoms with Gasteiger partial charge in [0, 0.05) is 63.8 Å². The van der Waals surface area contributed by atoms with Crippen LogP contribution in [0.3, 0.4) is 0 Å². The first kappa shape index (κ1) is 37.5. The van der Waals surface area contributed by atoms with Crippen LogP contribution in [0.5, 0.6) is 0 Å². The van der Waals surface area contributed by atoms with Gasteiger partial charge in [0.1, 0.15) is 0 Å². The van der Waals surface area contributed by atoms with E-state index >= 15 is 0 Å². The van der Waals surface area contributed by atoms with Crippen LogP contribution in [-0.2, 0) is 39.0 Å². The van der Waals surface area contributed by atoms with Crippen LogP contribution >= 0.6 is 0 Å². The van der Waals surface area contributed by atoms with Gasteiger partial charge in [0.05, 0.1) is 0 Å². The SMILES string of the molecule is Cc1c(C)c(C)c(NCCNCCNc2c(C)c(C)c(C)c(C)c2C)c(C)c1C.[Zr].c1ccc(CCc2ccccc2)cc1. The number of nitrogens with one attached hydrogen (secondary N) is 3. The van der Waals surface area contributed by atoms with Crippen molar-refractivity contribution in [3.63, 3.8) is 0 Å². The summed E-state index contributed by atoms with van der Waals surface area (Å²) in [4.78, 5) is 0. The predicted molar refractivity (Wildman–Crippen MR) is 190 cm³/mol. The van der Waals surface area contributed by atoms with Crippen molar-refractivity contribution in [3.05, 3.63) is 127 Å². The first-order valence-electron chi connectivity index (χ1n) is 15.9. The molecule has 0 radical (unpaired) electrons. The third-order valence-electron chi connectivity index (χ3n) is 9.60. The Morgan fingerprint density at radius 2 is 0.636 bits per heavy atom. The van der Waals surface area contributed by atoms with Crippen LogP contribution in [0.4, 0.5) is 11.4 Å². The number of benzene rings is 4. The van der Waals surface area contributed by atoms with Crippen LogP contribution in [0.1, 0.15) is 66.8 Å². The van der Waals surface area contributed by atoms with Crippen LogP contribution in [0, 0.1) is 69.2 Å². The summed E-state index contributed by atoms with van der Waals surface area (Å²) in [6.07, 6.45) is 2.26. The van der Waals surface area contributed by atoms with Crippen LogP contribution in [0.25, 0.3) is 0 Å². The van der Waals surface area contributed by atoms with Gasteiger partial charge in [-0.05, 0) is 149 Å². The molecule has 4 aromatic rings. The van der Waals surface area contributed by atoms with Gasteiger partial charge in [0.15, 0.2) is 0 Å². The van der Waals surface area contributed by atoms with Crippen molar-refractivity contribution in [1.82, 2.24) is 5.32 Å². The van der Waals surface area contributed by atoms with Crippen LogP contribution in [-0.4, -0.2) is 26.2 Å². The molecule has 0 saturated carbocycles. The second-order valence-electron chi connectivity index (χ2n) is 12.1. The summed E-state index contributed by atoms with van der Waals surface area (Å²) in [5, 5.41) is 10.9. The zero-order chi connectivity index (χ0) is 31.5. The average Bonchev–Trinajstić information content (AvgIpc) is 3.03. The Morgan fingerprint density at radius 1 is 0.364 bits per heavy atom. The minimum absolute atomic E-state index is 0. The maximum absolute atomic E-state index is 3.66. The van der Waals surface area contributed by atoms with E-state index in [9.17, 15) is 0 Å². The Kier molecular flexibility index (Phi) is 15.6. The molecule has 0 spiro atoms. The standard InChI is InChI=1S/C26H41N3.C14H14.Zr/c1-15-17(3)21(7)25(22(8)18(15)4)28-13-11-27-12-14-29-26-23(9)19(5)16(2)20(6)24(26)10;1-3-7-13(8-4-1)11-12-14-9-5-2-6-10-14;/h27-29H,11-14H2,1-10H3;1-10H,11-12H2;. The van der Waals surface area contributed by atoms with Crippen molar-refractivity contribution in [3.8, 4) is 0 Å². The van der Waals surface area contributed by atoms with Gasteiger partial charge in [-0.3, -0.25) is 0 Å². The van der Waals surface area contributed by atoms with E-state index in [0.29, 0.717) is 0 Å². The summed E-state index contributed by atoms with van der Waals surface area (Å²) >= 11 is 0. The molecule has 4 heteroatoms. The molecule has 0 heterocycles. The molecule has 0 atom stereocenters. The van der Waals surface area contributed by atoms with Crippen molar-refractivity contribution < 1.29 is 26.2 Å². The molecule has 234 valence electrons. The Balaban J connectivity index is 0.000000375. The van der Waals surface area contributed by atoms with Gasteiger partial charge >= 0.3 is 0 Å². The van der Waals surface area contributed by atoms with E-state index in [1.165, 1.54) is 78.1 Å². The van der Waals surface area contributed by atoms with E-state index in [0.717, 1.165) is 39.0 Å². The number of hydrogen-bond acceptors (Lipinski definition) is 3. The van der Waals surface area contributed by atoms with Crippen molar-refractivity contribution in [2.45, 2.75) is 82.1 Å². The van der Waals surface area contributed by atoms with Crippen molar-refractivity contribution >= 4 is 11.4 Å². The van der Waals surface area contributed by atoms with Crippen LogP contribution in [0.2, 0.25) is 0 Å². The molecule has 3 N–H and O–H groups in total. The first-order chi connectivity index (χ1) is 20.5. The van der Waals surface area contributed by atoms with Crippen LogP contribution in [0.15, 0.2) is 60.7 Å². The molecule has 0 unspecified atom stereocenters. The summed E-state index contributed by atoms with van der Waals surface area (Å²) in [5.41, 5.74) is 19.4. The fourth-order valence-corrected chi connectivity index (χ4v) is 5.79. The molecule has 0 aliphatic rings. The van der Waals surface area contributed by atoms with Gasteiger partial charge in [-0.25, -0.2) is 0 Å². The smallest absolute Gasteiger partial charge is 0.0405 e. The fraction of sp³-hybridized carbons (Fsp3) is 0.400. The van der Waals surface area contributed by atoms with E-state index in [1.54, 1.807) is 0 Å². The van der Waals surface area contributed by atoms with Crippen molar-refractivity contribution in [1.29, 1.82) is 0 Å². The first-order valence-corrected chi connectivity index (χ1v) is 15.9. The van der Waals surface area contributed by atoms with E-state index in [4.69, 9.17) is 0 Å². The predicted octanol–water partition coefficient (Wildman–Crippen LogP) is 9.35. The van der Waals surface area contributed by atoms with Crippen molar-refractivity contribution in [2.75, 3.05) is 36.8 Å². The normalized spacial score (nSPS) is 10.5. The van der Waals surface area contributed by atoms with Gasteiger partial charge in [0.25, 0.3) is 0 Å². The Labute approximate surface area is 287 Å². The number of anilines is 2. The number of rotatable bonds is 11. The van der Waals surface area contributed by atoms with Gasteiger partial charge < -0.3 is 16.0 Å². The zero-order valence-electron chi connectivity index (χ0n) is 29.0. The summed E-state index contributed by atoms with van der Waals surface area (Å²) in [6, 6.07) is 21.2. The molecule has 0 saturated heterocycles. The Hall–Kier alpha value is -2.68.